The quantitative estimate of drug-likeness (QED) is 0.794. The van der Waals surface area contributed by atoms with Gasteiger partial charge < -0.3 is 5.32 Å². The molecule has 0 saturated carbocycles. The minimum absolute atomic E-state index is 0.311. The summed E-state index contributed by atoms with van der Waals surface area (Å²) in [4.78, 5) is 9.07. The van der Waals surface area contributed by atoms with Gasteiger partial charge in [-0.15, -0.1) is 0 Å². The van der Waals surface area contributed by atoms with Gasteiger partial charge in [0.05, 0.1) is 18.2 Å². The first kappa shape index (κ1) is 16.0. The fourth-order valence-electron chi connectivity index (χ4n) is 3.27. The van der Waals surface area contributed by atoms with Crippen LogP contribution >= 0.6 is 0 Å². The number of halogens is 1. The summed E-state index contributed by atoms with van der Waals surface area (Å²) in [6.45, 7) is 0.408. The van der Waals surface area contributed by atoms with Crippen LogP contribution in [0.3, 0.4) is 0 Å². The maximum absolute atomic E-state index is 14.7. The van der Waals surface area contributed by atoms with Gasteiger partial charge in [-0.3, -0.25) is 4.98 Å². The van der Waals surface area contributed by atoms with E-state index in [1.54, 1.807) is 42.7 Å². The predicted octanol–water partition coefficient (Wildman–Crippen LogP) is 3.39. The summed E-state index contributed by atoms with van der Waals surface area (Å²) in [5, 5.41) is 12.4. The lowest BCUT2D eigenvalue weighted by Crippen LogP contribution is -2.32. The summed E-state index contributed by atoms with van der Waals surface area (Å²) in [5.41, 5.74) is 1.75. The van der Waals surface area contributed by atoms with Gasteiger partial charge in [0, 0.05) is 29.1 Å². The zero-order chi connectivity index (χ0) is 18.0. The van der Waals surface area contributed by atoms with Gasteiger partial charge in [-0.25, -0.2) is 9.38 Å². The molecule has 1 N–H and O–H groups in total. The first-order valence-corrected chi connectivity index (χ1v) is 8.23. The molecule has 1 atom stereocenters. The highest BCUT2D eigenvalue weighted by Gasteiger charge is 2.41. The van der Waals surface area contributed by atoms with Crippen molar-refractivity contribution in [1.29, 1.82) is 5.26 Å². The first-order valence-electron chi connectivity index (χ1n) is 8.23. The van der Waals surface area contributed by atoms with Gasteiger partial charge in [0.1, 0.15) is 17.2 Å². The molecule has 126 valence electrons. The highest BCUT2D eigenvalue weighted by atomic mass is 19.1. The molecule has 26 heavy (non-hydrogen) atoms. The van der Waals surface area contributed by atoms with Crippen molar-refractivity contribution in [2.24, 2.45) is 4.99 Å². The molecule has 3 aromatic rings. The van der Waals surface area contributed by atoms with E-state index in [1.165, 1.54) is 6.07 Å². The fourth-order valence-corrected chi connectivity index (χ4v) is 3.27. The Morgan fingerprint density at radius 2 is 1.96 bits per heavy atom. The molecular formula is C21H15FN4. The molecule has 1 aromatic heterocycles. The van der Waals surface area contributed by atoms with Crippen molar-refractivity contribution in [2.75, 3.05) is 6.54 Å². The molecule has 0 spiro atoms. The SMILES string of the molecule is N#Cc1cccc(C2=NC(c3cccnc3)(c3ccccc3F)CN2)c1. The molecule has 4 rings (SSSR count). The molecule has 2 heterocycles. The van der Waals surface area contributed by atoms with Gasteiger partial charge in [-0.1, -0.05) is 36.4 Å². The van der Waals surface area contributed by atoms with Crippen molar-refractivity contribution >= 4 is 5.84 Å². The van der Waals surface area contributed by atoms with Crippen LogP contribution in [-0.4, -0.2) is 17.4 Å². The molecule has 5 heteroatoms. The smallest absolute Gasteiger partial charge is 0.134 e. The zero-order valence-electron chi connectivity index (χ0n) is 13.9. The number of hydrogen-bond acceptors (Lipinski definition) is 4. The Hall–Kier alpha value is -3.52. The lowest BCUT2D eigenvalue weighted by molar-refractivity contribution is 0.512. The number of aromatic nitrogens is 1. The molecule has 4 nitrogen and oxygen atoms in total. The molecule has 1 aliphatic heterocycles. The summed E-state index contributed by atoms with van der Waals surface area (Å²) in [6, 6.07) is 19.7. The second kappa shape index (κ2) is 6.41. The van der Waals surface area contributed by atoms with Crippen molar-refractivity contribution < 1.29 is 4.39 Å². The molecule has 0 bridgehead atoms. The Morgan fingerprint density at radius 1 is 1.08 bits per heavy atom. The number of benzene rings is 2. The van der Waals surface area contributed by atoms with Crippen molar-refractivity contribution in [3.05, 3.63) is 101 Å². The number of nitrogens with one attached hydrogen (secondary N) is 1. The Labute approximate surface area is 150 Å². The van der Waals surface area contributed by atoms with Crippen molar-refractivity contribution in [3.63, 3.8) is 0 Å². The van der Waals surface area contributed by atoms with Crippen LogP contribution in [0, 0.1) is 17.1 Å². The topological polar surface area (TPSA) is 61.1 Å². The monoisotopic (exact) mass is 342 g/mol. The molecule has 0 amide bonds. The summed E-state index contributed by atoms with van der Waals surface area (Å²) in [5.74, 6) is 0.322. The Kier molecular flexibility index (Phi) is 3.94. The Balaban J connectivity index is 1.90. The van der Waals surface area contributed by atoms with Gasteiger partial charge in [0.25, 0.3) is 0 Å². The van der Waals surface area contributed by atoms with Crippen LogP contribution in [0.4, 0.5) is 4.39 Å². The molecule has 0 saturated heterocycles. The predicted molar refractivity (Wildman–Crippen MR) is 97.1 cm³/mol. The van der Waals surface area contributed by atoms with E-state index in [2.05, 4.69) is 16.4 Å². The van der Waals surface area contributed by atoms with E-state index in [1.807, 2.05) is 24.3 Å². The van der Waals surface area contributed by atoms with Gasteiger partial charge in [0.15, 0.2) is 0 Å². The molecule has 2 aromatic carbocycles. The molecular weight excluding hydrogens is 327 g/mol. The normalized spacial score (nSPS) is 18.7. The van der Waals surface area contributed by atoms with E-state index in [-0.39, 0.29) is 5.82 Å². The van der Waals surface area contributed by atoms with Crippen LogP contribution < -0.4 is 5.32 Å². The largest absolute Gasteiger partial charge is 0.367 e. The van der Waals surface area contributed by atoms with Crippen LogP contribution in [0.15, 0.2) is 78.0 Å². The maximum Gasteiger partial charge on any atom is 0.134 e. The first-order chi connectivity index (χ1) is 12.7. The minimum atomic E-state index is -0.905. The lowest BCUT2D eigenvalue weighted by Gasteiger charge is -2.26. The molecule has 0 fully saturated rings. The van der Waals surface area contributed by atoms with Crippen molar-refractivity contribution in [2.45, 2.75) is 5.54 Å². The third-order valence-corrected chi connectivity index (χ3v) is 4.54. The van der Waals surface area contributed by atoms with Crippen molar-refractivity contribution in [3.8, 4) is 6.07 Å². The van der Waals surface area contributed by atoms with E-state index in [0.29, 0.717) is 23.5 Å². The molecule has 0 aliphatic carbocycles. The minimum Gasteiger partial charge on any atom is -0.367 e. The Morgan fingerprint density at radius 3 is 2.73 bits per heavy atom. The van der Waals surface area contributed by atoms with Crippen molar-refractivity contribution in [1.82, 2.24) is 10.3 Å². The summed E-state index contributed by atoms with van der Waals surface area (Å²) in [7, 11) is 0. The summed E-state index contributed by atoms with van der Waals surface area (Å²) >= 11 is 0. The number of nitriles is 1. The number of hydrogen-bond donors (Lipinski definition) is 1. The highest BCUT2D eigenvalue weighted by Crippen LogP contribution is 2.37. The average Bonchev–Trinajstić information content (AvgIpc) is 3.15. The summed E-state index contributed by atoms with van der Waals surface area (Å²) in [6.07, 6.45) is 3.40. The standard InChI is InChI=1S/C21H15FN4/c22-19-9-2-1-8-18(19)21(17-7-4-10-24-13-17)14-25-20(26-21)16-6-3-5-15(11-16)12-23/h1-11,13H,14H2,(H,25,26). The molecule has 0 radical (unpaired) electrons. The number of nitrogens with zero attached hydrogens (tertiary/aromatic N) is 3. The fraction of sp³-hybridized carbons (Fsp3) is 0.0952. The van der Waals surface area contributed by atoms with Crippen LogP contribution in [0.25, 0.3) is 0 Å². The van der Waals surface area contributed by atoms with Gasteiger partial charge in [-0.2, -0.15) is 5.26 Å². The van der Waals surface area contributed by atoms with E-state index in [0.717, 1.165) is 11.1 Å². The molecule has 1 aliphatic rings. The highest BCUT2D eigenvalue weighted by molar-refractivity contribution is 6.01. The number of amidine groups is 1. The van der Waals surface area contributed by atoms with Crippen LogP contribution in [0.2, 0.25) is 0 Å². The van der Waals surface area contributed by atoms with Gasteiger partial charge in [-0.05, 0) is 24.3 Å². The van der Waals surface area contributed by atoms with Crippen LogP contribution in [0.5, 0.6) is 0 Å². The number of pyridine rings is 1. The molecule has 1 unspecified atom stereocenters. The number of rotatable bonds is 3. The zero-order valence-corrected chi connectivity index (χ0v) is 13.9. The Bertz CT molecular complexity index is 1020. The summed E-state index contributed by atoms with van der Waals surface area (Å²) < 4.78 is 14.7. The third kappa shape index (κ3) is 2.62. The van der Waals surface area contributed by atoms with E-state index in [9.17, 15) is 4.39 Å². The van der Waals surface area contributed by atoms with Gasteiger partial charge >= 0.3 is 0 Å². The van der Waals surface area contributed by atoms with Crippen LogP contribution in [-0.2, 0) is 5.54 Å². The average molecular weight is 342 g/mol. The maximum atomic E-state index is 14.7. The lowest BCUT2D eigenvalue weighted by atomic mass is 9.84. The van der Waals surface area contributed by atoms with Gasteiger partial charge in [0.2, 0.25) is 0 Å². The third-order valence-electron chi connectivity index (χ3n) is 4.54. The van der Waals surface area contributed by atoms with E-state index >= 15 is 0 Å². The van der Waals surface area contributed by atoms with E-state index in [4.69, 9.17) is 10.3 Å². The second-order valence-electron chi connectivity index (χ2n) is 6.09. The van der Waals surface area contributed by atoms with Crippen LogP contribution in [0.1, 0.15) is 22.3 Å². The number of aliphatic imine (C=N–C) groups is 1. The second-order valence-corrected chi connectivity index (χ2v) is 6.09. The van der Waals surface area contributed by atoms with E-state index < -0.39 is 5.54 Å².